The summed E-state index contributed by atoms with van der Waals surface area (Å²) < 4.78 is 0. The Labute approximate surface area is 343 Å². The number of rotatable bonds is 0. The van der Waals surface area contributed by atoms with E-state index in [9.17, 15) is 0 Å². The van der Waals surface area contributed by atoms with Gasteiger partial charge in [-0.05, 0) is 0 Å². The monoisotopic (exact) mass is 778 g/mol. The summed E-state index contributed by atoms with van der Waals surface area (Å²) >= 11 is 0. The summed E-state index contributed by atoms with van der Waals surface area (Å²) in [6.45, 7) is 0. The second-order valence-electron chi connectivity index (χ2n) is 3.46. The van der Waals surface area contributed by atoms with Gasteiger partial charge in [-0.15, -0.1) is 0 Å². The van der Waals surface area contributed by atoms with Gasteiger partial charge < -0.3 is 188 Å². The largest absolute Gasteiger partial charge is 1.00 e. The standard InChI is InChI=1S/12BO3.K.H2O.H/c12*2-1(3)4;;;/h;;;;;;;;;;;;;1H2;/q12*-3;+1;;-1/p+12. The Morgan fingerprint density at radius 2 is 0.160 bits per heavy atom. The molecule has 0 aromatic rings. The first-order valence-corrected chi connectivity index (χ1v) is 8.49. The average Bonchev–Trinajstić information content (AvgIpc) is 2.61. The first-order valence-electron chi connectivity index (χ1n) is 8.49. The molecule has 0 aromatic carbocycles. The SMILES string of the molecule is O.[H+].[H+].[H+].[H+].[H+].[H+].[H+].[H+].[H+].[H+].[H+].[H+].[H-].[K+].[O-]B([O-])[O-].[O-]B([O-])[O-].[O-]B([O-])[O-].[O-]B([O-])[O-].[O-]B([O-])[O-].[O-]B([O-])[O-].[O-]B([O-])[O-].[O-]B([O-])[O-].[O-]B([O-])[O-].[O-]B([O-])[O-].[O-]B([O-])[O-].[O-]B([O-])[O-]. The maximum atomic E-state index is 8.42. The molecule has 50 heteroatoms. The van der Waals surface area contributed by atoms with Gasteiger partial charge in [-0.2, -0.15) is 0 Å². The molecule has 0 fully saturated rings. The van der Waals surface area contributed by atoms with Gasteiger partial charge in [0.05, 0.1) is 0 Å². The number of hydrogen-bond acceptors (Lipinski definition) is 36. The van der Waals surface area contributed by atoms with Crippen LogP contribution in [0.5, 0.6) is 0 Å². The van der Waals surface area contributed by atoms with Crippen LogP contribution in [-0.4, -0.2) is 93.3 Å². The van der Waals surface area contributed by atoms with Crippen LogP contribution in [0.2, 0.25) is 0 Å². The van der Waals surface area contributed by atoms with Crippen LogP contribution < -0.4 is 232 Å². The zero-order valence-electron chi connectivity index (χ0n) is 36.1. The summed E-state index contributed by atoms with van der Waals surface area (Å²) in [5.74, 6) is 0. The summed E-state index contributed by atoms with van der Waals surface area (Å²) in [5.41, 5.74) is 0. The predicted molar refractivity (Wildman–Crippen MR) is 87.1 cm³/mol. The molecule has 0 saturated heterocycles. The van der Waals surface area contributed by atoms with Gasteiger partial charge in [0.2, 0.25) is 0 Å². The topological polar surface area (TPSA) is 862 Å². The van der Waals surface area contributed by atoms with E-state index in [4.69, 9.17) is 181 Å². The van der Waals surface area contributed by atoms with Gasteiger partial charge in [0, 0.05) is 0 Å². The third-order valence-electron chi connectivity index (χ3n) is 0. The van der Waals surface area contributed by atoms with E-state index in [1.54, 1.807) is 0 Å². The van der Waals surface area contributed by atoms with Gasteiger partial charge in [-0.3, -0.25) is 87.9 Å². The predicted octanol–water partition coefficient (Wildman–Crippen LogP) is -49.7. The molecule has 0 aliphatic rings. The Kier molecular flexibility index (Phi) is 163. The van der Waals surface area contributed by atoms with Crippen LogP contribution in [0.1, 0.15) is 18.5 Å². The van der Waals surface area contributed by atoms with Crippen LogP contribution >= 0.6 is 0 Å². The molecule has 0 rings (SSSR count). The Hall–Kier alpha value is 0.936. The van der Waals surface area contributed by atoms with E-state index in [0.29, 0.717) is 0 Å². The van der Waals surface area contributed by atoms with Crippen molar-refractivity contribution in [2.75, 3.05) is 0 Å². The van der Waals surface area contributed by atoms with E-state index in [-0.39, 0.29) is 75.4 Å². The fourth-order valence-corrected chi connectivity index (χ4v) is 0. The van der Waals surface area contributed by atoms with Crippen molar-refractivity contribution in [2.45, 2.75) is 0 Å². The van der Waals surface area contributed by atoms with Crippen molar-refractivity contribution in [1.82, 2.24) is 0 Å². The minimum atomic E-state index is -2.92. The Morgan fingerprint density at radius 1 is 0.160 bits per heavy atom. The Morgan fingerprint density at radius 3 is 0.160 bits per heavy atom. The Bertz CT molecular complexity index is 279. The molecular formula is H15B12KO37-24. The van der Waals surface area contributed by atoms with Crippen LogP contribution in [0.15, 0.2) is 0 Å². The summed E-state index contributed by atoms with van der Waals surface area (Å²) in [7, 11) is -35.0. The van der Waals surface area contributed by atoms with Crippen LogP contribution in [0.4, 0.5) is 0 Å². The maximum Gasteiger partial charge on any atom is 1.00 e. The minimum Gasteiger partial charge on any atom is -1.00 e. The molecule has 0 radical (unpaired) electrons. The molecule has 2 N–H and O–H groups in total. The fourth-order valence-electron chi connectivity index (χ4n) is 0. The first-order chi connectivity index (χ1) is 20.8. The molecule has 0 atom stereocenters. The van der Waals surface area contributed by atoms with Gasteiger partial charge in [0.25, 0.3) is 0 Å². The van der Waals surface area contributed by atoms with E-state index < -0.39 is 87.9 Å². The van der Waals surface area contributed by atoms with E-state index >= 15 is 0 Å². The molecule has 0 aliphatic carbocycles. The van der Waals surface area contributed by atoms with E-state index in [1.807, 2.05) is 0 Å². The van der Waals surface area contributed by atoms with Crippen LogP contribution in [-0.2, 0) is 0 Å². The fraction of sp³-hybridized carbons (Fsp3) is 0. The van der Waals surface area contributed by atoms with Gasteiger partial charge >= 0.3 is 68.5 Å². The van der Waals surface area contributed by atoms with Gasteiger partial charge in [0.1, 0.15) is 0 Å². The third-order valence-corrected chi connectivity index (χ3v) is 0. The molecule has 0 aromatic heterocycles. The third kappa shape index (κ3) is 128000. The van der Waals surface area contributed by atoms with Crippen molar-refractivity contribution in [1.29, 1.82) is 0 Å². The average molecular weight is 776 g/mol. The van der Waals surface area contributed by atoms with Gasteiger partial charge in [0.15, 0.2) is 0 Å². The molecule has 0 heterocycles. The summed E-state index contributed by atoms with van der Waals surface area (Å²) in [4.78, 5) is 0. The molecule has 0 saturated carbocycles. The molecule has 298 valence electrons. The van der Waals surface area contributed by atoms with Crippen LogP contribution in [0.3, 0.4) is 0 Å². The smallest absolute Gasteiger partial charge is 1.00 e. The van der Waals surface area contributed by atoms with Crippen molar-refractivity contribution < 1.29 is 256 Å². The Balaban J connectivity index is -0.00000000879. The zero-order chi connectivity index (χ0) is 42.9. The normalized spacial score (nSPS) is 6.48. The molecule has 0 spiro atoms. The van der Waals surface area contributed by atoms with E-state index in [0.717, 1.165) is 0 Å². The summed E-state index contributed by atoms with van der Waals surface area (Å²) in [6, 6.07) is 0. The second kappa shape index (κ2) is 87.7. The van der Waals surface area contributed by atoms with Crippen molar-refractivity contribution in [2.24, 2.45) is 0 Å². The molecule has 50 heavy (non-hydrogen) atoms. The zero-order valence-corrected chi connectivity index (χ0v) is 26.2. The quantitative estimate of drug-likeness (QED) is 0.206. The van der Waals surface area contributed by atoms with E-state index in [1.165, 1.54) is 0 Å². The van der Waals surface area contributed by atoms with E-state index in [2.05, 4.69) is 0 Å². The maximum absolute atomic E-state index is 8.42. The van der Waals surface area contributed by atoms with Crippen LogP contribution in [0, 0.1) is 0 Å². The summed E-state index contributed by atoms with van der Waals surface area (Å²) in [5, 5.41) is 303. The molecule has 0 amide bonds. The molecule has 0 aliphatic heterocycles. The summed E-state index contributed by atoms with van der Waals surface area (Å²) in [6.07, 6.45) is 0. The second-order valence-corrected chi connectivity index (χ2v) is 3.46. The van der Waals surface area contributed by atoms with Gasteiger partial charge in [-0.1, -0.05) is 0 Å². The van der Waals surface area contributed by atoms with Gasteiger partial charge in [-0.25, -0.2) is 0 Å². The van der Waals surface area contributed by atoms with Crippen molar-refractivity contribution in [3.8, 4) is 0 Å². The number of hydrogen-bond donors (Lipinski definition) is 0. The van der Waals surface area contributed by atoms with Crippen molar-refractivity contribution >= 4 is 87.9 Å². The molecule has 0 unspecified atom stereocenters. The van der Waals surface area contributed by atoms with Crippen molar-refractivity contribution in [3.63, 3.8) is 0 Å². The first kappa shape index (κ1) is 93.1. The van der Waals surface area contributed by atoms with Crippen LogP contribution in [0.25, 0.3) is 0 Å². The molecular weight excluding hydrogens is 761 g/mol. The minimum absolute atomic E-state index is 0. The van der Waals surface area contributed by atoms with Crippen molar-refractivity contribution in [3.05, 3.63) is 0 Å². The molecule has 0 bridgehead atoms. The molecule has 37 nitrogen and oxygen atoms in total.